The summed E-state index contributed by atoms with van der Waals surface area (Å²) in [6, 6.07) is -0.0428. The molecular formula is C9H18N2O2S. The van der Waals surface area contributed by atoms with Gasteiger partial charge in [0.1, 0.15) is 0 Å². The lowest BCUT2D eigenvalue weighted by molar-refractivity contribution is -0.122. The average molecular weight is 218 g/mol. The van der Waals surface area contributed by atoms with E-state index in [1.807, 2.05) is 6.92 Å². The Kier molecular flexibility index (Phi) is 5.29. The molecule has 1 fully saturated rings. The zero-order valence-electron chi connectivity index (χ0n) is 8.45. The highest BCUT2D eigenvalue weighted by Crippen LogP contribution is 2.09. The zero-order chi connectivity index (χ0) is 10.4. The highest BCUT2D eigenvalue weighted by atomic mass is 32.2. The predicted octanol–water partition coefficient (Wildman–Crippen LogP) is -0.0739. The molecule has 3 N–H and O–H groups in total. The molecule has 2 unspecified atom stereocenters. The number of thioether (sulfide) groups is 1. The molecule has 1 saturated heterocycles. The van der Waals surface area contributed by atoms with Crippen LogP contribution in [0.25, 0.3) is 0 Å². The van der Waals surface area contributed by atoms with E-state index in [4.69, 9.17) is 0 Å². The minimum absolute atomic E-state index is 0.0428. The summed E-state index contributed by atoms with van der Waals surface area (Å²) in [7, 11) is 0. The van der Waals surface area contributed by atoms with Crippen molar-refractivity contribution < 1.29 is 9.90 Å². The van der Waals surface area contributed by atoms with Crippen LogP contribution in [0.4, 0.5) is 0 Å². The third kappa shape index (κ3) is 3.86. The van der Waals surface area contributed by atoms with Gasteiger partial charge in [-0.15, -0.1) is 11.8 Å². The lowest BCUT2D eigenvalue weighted by atomic mass is 10.2. The van der Waals surface area contributed by atoms with Crippen LogP contribution in [0, 0.1) is 0 Å². The maximum absolute atomic E-state index is 11.4. The van der Waals surface area contributed by atoms with Gasteiger partial charge in [0.15, 0.2) is 0 Å². The quantitative estimate of drug-likeness (QED) is 0.604. The fraction of sp³-hybridized carbons (Fsp3) is 0.889. The third-order valence-corrected chi connectivity index (χ3v) is 3.22. The Balaban J connectivity index is 2.08. The molecule has 4 nitrogen and oxygen atoms in total. The smallest absolute Gasteiger partial charge is 0.238 e. The van der Waals surface area contributed by atoms with Crippen molar-refractivity contribution >= 4 is 17.7 Å². The number of carbonyl (C=O) groups is 1. The molecule has 1 aliphatic rings. The maximum atomic E-state index is 11.4. The van der Waals surface area contributed by atoms with E-state index in [2.05, 4.69) is 10.6 Å². The van der Waals surface area contributed by atoms with Gasteiger partial charge in [0.25, 0.3) is 0 Å². The fourth-order valence-electron chi connectivity index (χ4n) is 1.25. The van der Waals surface area contributed by atoms with Crippen molar-refractivity contribution in [2.24, 2.45) is 0 Å². The molecular weight excluding hydrogens is 200 g/mol. The first-order valence-electron chi connectivity index (χ1n) is 5.01. The first-order valence-corrected chi connectivity index (χ1v) is 6.16. The number of hydrogen-bond donors (Lipinski definition) is 3. The van der Waals surface area contributed by atoms with Crippen LogP contribution >= 0.6 is 11.8 Å². The molecule has 0 aliphatic carbocycles. The highest BCUT2D eigenvalue weighted by molar-refractivity contribution is 7.99. The van der Waals surface area contributed by atoms with Crippen LogP contribution in [0.1, 0.15) is 19.8 Å². The van der Waals surface area contributed by atoms with Gasteiger partial charge < -0.3 is 10.4 Å². The topological polar surface area (TPSA) is 61.4 Å². The number of rotatable bonds is 5. The van der Waals surface area contributed by atoms with E-state index in [1.165, 1.54) is 0 Å². The monoisotopic (exact) mass is 218 g/mol. The van der Waals surface area contributed by atoms with Crippen LogP contribution < -0.4 is 10.6 Å². The molecule has 0 aromatic rings. The Morgan fingerprint density at radius 3 is 3.14 bits per heavy atom. The van der Waals surface area contributed by atoms with Gasteiger partial charge in [0.2, 0.25) is 5.91 Å². The summed E-state index contributed by atoms with van der Waals surface area (Å²) in [4.78, 5) is 11.4. The van der Waals surface area contributed by atoms with Gasteiger partial charge in [0.05, 0.1) is 12.1 Å². The van der Waals surface area contributed by atoms with Crippen molar-refractivity contribution in [1.29, 1.82) is 0 Å². The van der Waals surface area contributed by atoms with Gasteiger partial charge in [-0.1, -0.05) is 6.92 Å². The number of amides is 1. The molecule has 0 spiro atoms. The van der Waals surface area contributed by atoms with Gasteiger partial charge >= 0.3 is 0 Å². The van der Waals surface area contributed by atoms with Crippen molar-refractivity contribution in [3.63, 3.8) is 0 Å². The van der Waals surface area contributed by atoms with E-state index in [-0.39, 0.29) is 18.1 Å². The molecule has 0 bridgehead atoms. The molecule has 0 saturated carbocycles. The summed E-state index contributed by atoms with van der Waals surface area (Å²) in [6.45, 7) is 2.50. The van der Waals surface area contributed by atoms with Crippen molar-refractivity contribution in [3.05, 3.63) is 0 Å². The molecule has 82 valence electrons. The first kappa shape index (κ1) is 11.8. The third-order valence-electron chi connectivity index (χ3n) is 2.28. The van der Waals surface area contributed by atoms with E-state index >= 15 is 0 Å². The van der Waals surface area contributed by atoms with Crippen LogP contribution in [-0.4, -0.2) is 41.3 Å². The van der Waals surface area contributed by atoms with Gasteiger partial charge in [-0.05, 0) is 12.8 Å². The summed E-state index contributed by atoms with van der Waals surface area (Å²) < 4.78 is 0. The predicted molar refractivity (Wildman–Crippen MR) is 58.2 cm³/mol. The van der Waals surface area contributed by atoms with Crippen molar-refractivity contribution in [3.8, 4) is 0 Å². The van der Waals surface area contributed by atoms with E-state index in [0.29, 0.717) is 13.0 Å². The molecule has 1 amide bonds. The SMILES string of the molecule is CCC(O)CCNC(=O)C1CSCN1. The number of aliphatic hydroxyl groups is 1. The highest BCUT2D eigenvalue weighted by Gasteiger charge is 2.21. The molecule has 0 aromatic carbocycles. The van der Waals surface area contributed by atoms with Crippen molar-refractivity contribution in [2.45, 2.75) is 31.9 Å². The summed E-state index contributed by atoms with van der Waals surface area (Å²) in [5.74, 6) is 1.76. The lowest BCUT2D eigenvalue weighted by Crippen LogP contribution is -2.42. The van der Waals surface area contributed by atoms with Gasteiger partial charge in [-0.25, -0.2) is 0 Å². The molecule has 1 aliphatic heterocycles. The minimum atomic E-state index is -0.291. The standard InChI is InChI=1S/C9H18N2O2S/c1-2-7(12)3-4-10-9(13)8-5-14-6-11-8/h7-8,11-12H,2-6H2,1H3,(H,10,13). The lowest BCUT2D eigenvalue weighted by Gasteiger charge is -2.12. The second kappa shape index (κ2) is 6.27. The van der Waals surface area contributed by atoms with E-state index in [9.17, 15) is 9.90 Å². The molecule has 14 heavy (non-hydrogen) atoms. The maximum Gasteiger partial charge on any atom is 0.238 e. The van der Waals surface area contributed by atoms with Crippen molar-refractivity contribution in [1.82, 2.24) is 10.6 Å². The van der Waals surface area contributed by atoms with Gasteiger partial charge in [-0.3, -0.25) is 10.1 Å². The summed E-state index contributed by atoms with van der Waals surface area (Å²) in [5, 5.41) is 15.2. The summed E-state index contributed by atoms with van der Waals surface area (Å²) in [6.07, 6.45) is 1.09. The van der Waals surface area contributed by atoms with Crippen LogP contribution in [0.15, 0.2) is 0 Å². The Hall–Kier alpha value is -0.260. The molecule has 5 heteroatoms. The largest absolute Gasteiger partial charge is 0.393 e. The number of hydrogen-bond acceptors (Lipinski definition) is 4. The molecule has 1 rings (SSSR count). The fourth-order valence-corrected chi connectivity index (χ4v) is 2.19. The Morgan fingerprint density at radius 2 is 2.57 bits per heavy atom. The number of carbonyl (C=O) groups excluding carboxylic acids is 1. The normalized spacial score (nSPS) is 23.4. The van der Waals surface area contributed by atoms with Gasteiger partial charge in [0, 0.05) is 18.2 Å². The summed E-state index contributed by atoms with van der Waals surface area (Å²) >= 11 is 1.73. The van der Waals surface area contributed by atoms with Crippen LogP contribution in [0.2, 0.25) is 0 Å². The molecule has 0 aromatic heterocycles. The number of aliphatic hydroxyl groups excluding tert-OH is 1. The van der Waals surface area contributed by atoms with Gasteiger partial charge in [-0.2, -0.15) is 0 Å². The average Bonchev–Trinajstić information content (AvgIpc) is 2.70. The Labute approximate surface area is 88.8 Å². The summed E-state index contributed by atoms with van der Waals surface area (Å²) in [5.41, 5.74) is 0. The molecule has 2 atom stereocenters. The molecule has 0 radical (unpaired) electrons. The Bertz CT molecular complexity index is 184. The Morgan fingerprint density at radius 1 is 1.79 bits per heavy atom. The van der Waals surface area contributed by atoms with Crippen LogP contribution in [0.5, 0.6) is 0 Å². The second-order valence-electron chi connectivity index (χ2n) is 3.41. The molecule has 1 heterocycles. The minimum Gasteiger partial charge on any atom is -0.393 e. The van der Waals surface area contributed by atoms with Crippen LogP contribution in [-0.2, 0) is 4.79 Å². The number of nitrogens with one attached hydrogen (secondary N) is 2. The second-order valence-corrected chi connectivity index (χ2v) is 4.44. The first-order chi connectivity index (χ1) is 6.74. The van der Waals surface area contributed by atoms with E-state index in [0.717, 1.165) is 18.1 Å². The zero-order valence-corrected chi connectivity index (χ0v) is 9.27. The van der Waals surface area contributed by atoms with Crippen molar-refractivity contribution in [2.75, 3.05) is 18.2 Å². The van der Waals surface area contributed by atoms with Crippen LogP contribution in [0.3, 0.4) is 0 Å². The van der Waals surface area contributed by atoms with E-state index < -0.39 is 0 Å². The van der Waals surface area contributed by atoms with E-state index in [1.54, 1.807) is 11.8 Å².